The average molecular weight is 219 g/mol. The van der Waals surface area contributed by atoms with Crippen LogP contribution in [0.5, 0.6) is 0 Å². The standard InChI is InChI=1S/C12H17N3O/c1-2-3-8-6-10(8)15-11-5-4-9(7-14-11)12(13)16/h4-5,7-8,10H,2-3,6H2,1H3,(H2,13,16)(H,14,15). The van der Waals surface area contributed by atoms with Crippen molar-refractivity contribution < 1.29 is 4.79 Å². The van der Waals surface area contributed by atoms with Crippen LogP contribution in [0.25, 0.3) is 0 Å². The topological polar surface area (TPSA) is 68.0 Å². The summed E-state index contributed by atoms with van der Waals surface area (Å²) in [5.41, 5.74) is 5.59. The van der Waals surface area contributed by atoms with Gasteiger partial charge in [-0.3, -0.25) is 4.79 Å². The number of amides is 1. The SMILES string of the molecule is CCCC1CC1Nc1ccc(C(N)=O)cn1. The Morgan fingerprint density at radius 1 is 1.62 bits per heavy atom. The molecule has 0 aliphatic heterocycles. The molecule has 1 aliphatic carbocycles. The molecule has 2 unspecified atom stereocenters. The molecule has 0 bridgehead atoms. The zero-order valence-electron chi connectivity index (χ0n) is 9.44. The van der Waals surface area contributed by atoms with Crippen LogP contribution in [-0.4, -0.2) is 16.9 Å². The maximum atomic E-state index is 10.8. The molecule has 2 rings (SSSR count). The van der Waals surface area contributed by atoms with Crippen molar-refractivity contribution in [2.45, 2.75) is 32.2 Å². The second-order valence-corrected chi connectivity index (χ2v) is 4.33. The summed E-state index contributed by atoms with van der Waals surface area (Å²) in [7, 11) is 0. The summed E-state index contributed by atoms with van der Waals surface area (Å²) < 4.78 is 0. The number of nitrogens with two attached hydrogens (primary N) is 1. The lowest BCUT2D eigenvalue weighted by Crippen LogP contribution is -2.12. The van der Waals surface area contributed by atoms with Gasteiger partial charge in [0.05, 0.1) is 5.56 Å². The molecule has 4 heteroatoms. The van der Waals surface area contributed by atoms with Gasteiger partial charge in [0.15, 0.2) is 0 Å². The molecule has 1 fully saturated rings. The summed E-state index contributed by atoms with van der Waals surface area (Å²) in [6.07, 6.45) is 5.25. The van der Waals surface area contributed by atoms with Crippen molar-refractivity contribution in [1.82, 2.24) is 4.98 Å². The number of primary amides is 1. The van der Waals surface area contributed by atoms with Gasteiger partial charge in [0, 0.05) is 12.2 Å². The zero-order valence-corrected chi connectivity index (χ0v) is 9.44. The van der Waals surface area contributed by atoms with Crippen molar-refractivity contribution in [3.63, 3.8) is 0 Å². The minimum Gasteiger partial charge on any atom is -0.367 e. The lowest BCUT2D eigenvalue weighted by Gasteiger charge is -2.04. The van der Waals surface area contributed by atoms with Crippen LogP contribution in [0.1, 0.15) is 36.5 Å². The van der Waals surface area contributed by atoms with Gasteiger partial charge in [-0.1, -0.05) is 13.3 Å². The number of rotatable bonds is 5. The molecule has 0 saturated heterocycles. The highest BCUT2D eigenvalue weighted by Crippen LogP contribution is 2.36. The number of nitrogens with zero attached hydrogens (tertiary/aromatic N) is 1. The number of hydrogen-bond donors (Lipinski definition) is 2. The van der Waals surface area contributed by atoms with Crippen LogP contribution in [0.3, 0.4) is 0 Å². The summed E-state index contributed by atoms with van der Waals surface area (Å²) >= 11 is 0. The highest BCUT2D eigenvalue weighted by molar-refractivity contribution is 5.92. The van der Waals surface area contributed by atoms with Gasteiger partial charge in [-0.05, 0) is 30.9 Å². The van der Waals surface area contributed by atoms with E-state index < -0.39 is 5.91 Å². The number of nitrogens with one attached hydrogen (secondary N) is 1. The van der Waals surface area contributed by atoms with Crippen LogP contribution in [0.4, 0.5) is 5.82 Å². The quantitative estimate of drug-likeness (QED) is 0.793. The van der Waals surface area contributed by atoms with Gasteiger partial charge in [-0.2, -0.15) is 0 Å². The molecule has 16 heavy (non-hydrogen) atoms. The van der Waals surface area contributed by atoms with Crippen LogP contribution >= 0.6 is 0 Å². The van der Waals surface area contributed by atoms with E-state index in [1.165, 1.54) is 25.5 Å². The van der Waals surface area contributed by atoms with E-state index in [1.54, 1.807) is 12.1 Å². The third-order valence-corrected chi connectivity index (χ3v) is 2.96. The molecule has 86 valence electrons. The molecular formula is C12H17N3O. The normalized spacial score (nSPS) is 22.8. The van der Waals surface area contributed by atoms with Crippen molar-refractivity contribution in [3.8, 4) is 0 Å². The van der Waals surface area contributed by atoms with E-state index in [0.29, 0.717) is 11.6 Å². The molecule has 1 aliphatic rings. The summed E-state index contributed by atoms with van der Waals surface area (Å²) in [6.45, 7) is 2.20. The van der Waals surface area contributed by atoms with Crippen LogP contribution in [0.15, 0.2) is 18.3 Å². The van der Waals surface area contributed by atoms with E-state index in [-0.39, 0.29) is 0 Å². The molecule has 1 saturated carbocycles. The monoisotopic (exact) mass is 219 g/mol. The zero-order chi connectivity index (χ0) is 11.5. The third kappa shape index (κ3) is 2.51. The molecule has 1 aromatic heterocycles. The van der Waals surface area contributed by atoms with Gasteiger partial charge in [-0.15, -0.1) is 0 Å². The van der Waals surface area contributed by atoms with Crippen molar-refractivity contribution >= 4 is 11.7 Å². The Morgan fingerprint density at radius 3 is 3.00 bits per heavy atom. The fourth-order valence-corrected chi connectivity index (χ4v) is 1.93. The van der Waals surface area contributed by atoms with E-state index in [2.05, 4.69) is 17.2 Å². The Hall–Kier alpha value is -1.58. The first-order valence-electron chi connectivity index (χ1n) is 5.73. The lowest BCUT2D eigenvalue weighted by atomic mass is 10.2. The largest absolute Gasteiger partial charge is 0.367 e. The smallest absolute Gasteiger partial charge is 0.250 e. The van der Waals surface area contributed by atoms with Crippen LogP contribution < -0.4 is 11.1 Å². The highest BCUT2D eigenvalue weighted by atomic mass is 16.1. The molecular weight excluding hydrogens is 202 g/mol. The lowest BCUT2D eigenvalue weighted by molar-refractivity contribution is 0.1000. The van der Waals surface area contributed by atoms with Crippen molar-refractivity contribution in [2.24, 2.45) is 11.7 Å². The summed E-state index contributed by atoms with van der Waals surface area (Å²) in [5.74, 6) is 1.19. The minimum absolute atomic E-state index is 0.436. The number of anilines is 1. The number of aromatic nitrogens is 1. The molecule has 0 aromatic carbocycles. The first kappa shape index (κ1) is 10.9. The van der Waals surface area contributed by atoms with Gasteiger partial charge in [0.1, 0.15) is 5.82 Å². The van der Waals surface area contributed by atoms with E-state index in [1.807, 2.05) is 0 Å². The van der Waals surface area contributed by atoms with Crippen LogP contribution in [0.2, 0.25) is 0 Å². The first-order valence-corrected chi connectivity index (χ1v) is 5.73. The average Bonchev–Trinajstić information content (AvgIpc) is 2.98. The molecule has 1 aromatic rings. The van der Waals surface area contributed by atoms with E-state index in [9.17, 15) is 4.79 Å². The Kier molecular flexibility index (Phi) is 3.08. The van der Waals surface area contributed by atoms with Crippen LogP contribution in [0, 0.1) is 5.92 Å². The Balaban J connectivity index is 1.89. The molecule has 1 heterocycles. The second kappa shape index (κ2) is 4.51. The summed E-state index contributed by atoms with van der Waals surface area (Å²) in [5, 5.41) is 3.35. The highest BCUT2D eigenvalue weighted by Gasteiger charge is 2.35. The number of carbonyl (C=O) groups excluding carboxylic acids is 1. The second-order valence-electron chi connectivity index (χ2n) is 4.33. The Bertz CT molecular complexity index is 374. The van der Waals surface area contributed by atoms with E-state index in [0.717, 1.165) is 11.7 Å². The predicted molar refractivity (Wildman–Crippen MR) is 63.2 cm³/mol. The van der Waals surface area contributed by atoms with Gasteiger partial charge >= 0.3 is 0 Å². The van der Waals surface area contributed by atoms with Gasteiger partial charge in [0.2, 0.25) is 5.91 Å². The van der Waals surface area contributed by atoms with Crippen molar-refractivity contribution in [1.29, 1.82) is 0 Å². The molecule has 4 nitrogen and oxygen atoms in total. The molecule has 0 radical (unpaired) electrons. The molecule has 3 N–H and O–H groups in total. The van der Waals surface area contributed by atoms with Crippen molar-refractivity contribution in [2.75, 3.05) is 5.32 Å². The molecule has 1 amide bonds. The van der Waals surface area contributed by atoms with Gasteiger partial charge < -0.3 is 11.1 Å². The van der Waals surface area contributed by atoms with Crippen LogP contribution in [-0.2, 0) is 0 Å². The predicted octanol–water partition coefficient (Wildman–Crippen LogP) is 1.78. The molecule has 0 spiro atoms. The third-order valence-electron chi connectivity index (χ3n) is 2.96. The van der Waals surface area contributed by atoms with Gasteiger partial charge in [0.25, 0.3) is 0 Å². The maximum absolute atomic E-state index is 10.8. The first-order chi connectivity index (χ1) is 7.70. The fraction of sp³-hybridized carbons (Fsp3) is 0.500. The Morgan fingerprint density at radius 2 is 2.44 bits per heavy atom. The number of carbonyl (C=O) groups is 1. The summed E-state index contributed by atoms with van der Waals surface area (Å²) in [4.78, 5) is 15.0. The van der Waals surface area contributed by atoms with E-state index >= 15 is 0 Å². The number of hydrogen-bond acceptors (Lipinski definition) is 3. The number of pyridine rings is 1. The molecule has 2 atom stereocenters. The maximum Gasteiger partial charge on any atom is 0.250 e. The fourth-order valence-electron chi connectivity index (χ4n) is 1.93. The van der Waals surface area contributed by atoms with Crippen molar-refractivity contribution in [3.05, 3.63) is 23.9 Å². The van der Waals surface area contributed by atoms with E-state index in [4.69, 9.17) is 5.73 Å². The van der Waals surface area contributed by atoms with Gasteiger partial charge in [-0.25, -0.2) is 4.98 Å². The summed E-state index contributed by atoms with van der Waals surface area (Å²) in [6, 6.07) is 4.07. The minimum atomic E-state index is -0.436. The Labute approximate surface area is 95.3 Å².